The zero-order valence-corrected chi connectivity index (χ0v) is 68.7. The number of nitrogens with zero attached hydrogens (tertiary/aromatic N) is 3. The average molecular weight is 1620 g/mol. The van der Waals surface area contributed by atoms with Crippen molar-refractivity contribution in [1.82, 2.24) is 13.7 Å². The number of benzene rings is 18. The zero-order valence-electron chi connectivity index (χ0n) is 63.8. The van der Waals surface area contributed by atoms with Crippen molar-refractivity contribution in [2.45, 2.75) is 0 Å². The summed E-state index contributed by atoms with van der Waals surface area (Å²) in [5.74, 6) is 0. The second-order valence-electron chi connectivity index (χ2n) is 30.7. The Kier molecular flexibility index (Phi) is 15.9. The van der Waals surface area contributed by atoms with Crippen LogP contribution in [-0.2, 0) is 0 Å². The van der Waals surface area contributed by atoms with Gasteiger partial charge in [0, 0.05) is 141 Å². The highest BCUT2D eigenvalue weighted by Gasteiger charge is 2.26. The van der Waals surface area contributed by atoms with Crippen molar-refractivity contribution in [3.8, 4) is 61.6 Å². The SMILES string of the molecule is c1ccc(-c2ccc3sc4c(-c5cccc6c5sc5c7ccccc7n(-c7ccccc7)c65)cccc4c3c2)cc1.c1ccc(-n2c3ccccc3c3sc4ccc(-c5cccc6c5sc5c7ccccc7ccc65)cc4c32)cc1.c1ccc(-n2c3ccccc3c3sc4cccc(-c5cccc6c5sc5c7ccccc7ccc65)c4c32)cc1. The Hall–Kier alpha value is -13.6. The summed E-state index contributed by atoms with van der Waals surface area (Å²) in [6, 6.07) is 144. The third kappa shape index (κ3) is 10.7. The van der Waals surface area contributed by atoms with Crippen LogP contribution in [0.1, 0.15) is 0 Å². The summed E-state index contributed by atoms with van der Waals surface area (Å²) in [7, 11) is 0. The van der Waals surface area contributed by atoms with E-state index >= 15 is 0 Å². The van der Waals surface area contributed by atoms with E-state index in [2.05, 4.69) is 408 Å². The molecule has 0 fully saturated rings. The minimum absolute atomic E-state index is 1.20. The van der Waals surface area contributed by atoms with Gasteiger partial charge in [-0.1, -0.05) is 309 Å². The Morgan fingerprint density at radius 1 is 0.160 bits per heavy atom. The summed E-state index contributed by atoms with van der Waals surface area (Å²) in [5.41, 5.74) is 21.6. The van der Waals surface area contributed by atoms with E-state index in [1.807, 2.05) is 68.0 Å². The summed E-state index contributed by atoms with van der Waals surface area (Å²) in [6.07, 6.45) is 0. The van der Waals surface area contributed by atoms with Crippen LogP contribution in [-0.4, -0.2) is 13.7 Å². The van der Waals surface area contributed by atoms with Crippen LogP contribution in [0.4, 0.5) is 0 Å². The molecule has 0 radical (unpaired) electrons. The number of rotatable bonds is 7. The van der Waals surface area contributed by atoms with E-state index in [9.17, 15) is 0 Å². The molecule has 9 heteroatoms. The monoisotopic (exact) mass is 1620 g/mol. The third-order valence-corrected chi connectivity index (χ3v) is 31.6. The first kappa shape index (κ1) is 68.6. The van der Waals surface area contributed by atoms with Gasteiger partial charge in [0.2, 0.25) is 0 Å². The fraction of sp³-hybridized carbons (Fsp3) is 0. The van der Waals surface area contributed by atoms with Gasteiger partial charge in [0.1, 0.15) is 0 Å². The molecule has 9 heterocycles. The molecule has 556 valence electrons. The summed E-state index contributed by atoms with van der Waals surface area (Å²) in [5, 5.41) is 21.2. The Balaban J connectivity index is 0.0000000992. The molecular weight excluding hydrogens is 1560 g/mol. The van der Waals surface area contributed by atoms with Gasteiger partial charge in [-0.3, -0.25) is 0 Å². The quantitative estimate of drug-likeness (QED) is 0.151. The van der Waals surface area contributed by atoms with Gasteiger partial charge >= 0.3 is 0 Å². The van der Waals surface area contributed by atoms with Crippen molar-refractivity contribution in [3.05, 3.63) is 394 Å². The fourth-order valence-corrected chi connectivity index (χ4v) is 26.7. The van der Waals surface area contributed by atoms with E-state index in [1.54, 1.807) is 0 Å². The van der Waals surface area contributed by atoms with Crippen molar-refractivity contribution in [2.75, 3.05) is 0 Å². The fourth-order valence-electron chi connectivity index (χ4n) is 18.9. The summed E-state index contributed by atoms with van der Waals surface area (Å²) >= 11 is 11.5. The van der Waals surface area contributed by atoms with E-state index in [1.165, 1.54) is 237 Å². The summed E-state index contributed by atoms with van der Waals surface area (Å²) in [4.78, 5) is 0. The molecule has 119 heavy (non-hydrogen) atoms. The van der Waals surface area contributed by atoms with Crippen LogP contribution in [0.15, 0.2) is 394 Å². The van der Waals surface area contributed by atoms with Crippen molar-refractivity contribution in [1.29, 1.82) is 0 Å². The Morgan fingerprint density at radius 2 is 0.504 bits per heavy atom. The predicted octanol–water partition coefficient (Wildman–Crippen LogP) is 34.1. The van der Waals surface area contributed by atoms with Crippen molar-refractivity contribution in [2.24, 2.45) is 0 Å². The highest BCUT2D eigenvalue weighted by molar-refractivity contribution is 7.29. The Bertz CT molecular complexity index is 8810. The minimum Gasteiger partial charge on any atom is -0.308 e. The van der Waals surface area contributed by atoms with Crippen LogP contribution < -0.4 is 0 Å². The molecule has 27 aromatic rings. The van der Waals surface area contributed by atoms with Crippen molar-refractivity contribution in [3.63, 3.8) is 0 Å². The predicted molar refractivity (Wildman–Crippen MR) is 524 cm³/mol. The Morgan fingerprint density at radius 3 is 1.07 bits per heavy atom. The van der Waals surface area contributed by atoms with Crippen LogP contribution in [0.25, 0.3) is 237 Å². The topological polar surface area (TPSA) is 14.8 Å². The first-order valence-corrected chi connectivity index (χ1v) is 45.2. The average Bonchev–Trinajstić information content (AvgIpc) is 1.56. The summed E-state index contributed by atoms with van der Waals surface area (Å²) < 4.78 is 23.6. The van der Waals surface area contributed by atoms with Gasteiger partial charge in [0.25, 0.3) is 0 Å². The molecule has 0 bridgehead atoms. The van der Waals surface area contributed by atoms with Crippen molar-refractivity contribution < 1.29 is 0 Å². The van der Waals surface area contributed by atoms with Crippen molar-refractivity contribution >= 4 is 244 Å². The van der Waals surface area contributed by atoms with E-state index < -0.39 is 0 Å². The summed E-state index contributed by atoms with van der Waals surface area (Å²) in [6.45, 7) is 0. The molecule has 9 aromatic heterocycles. The first-order chi connectivity index (χ1) is 59.1. The van der Waals surface area contributed by atoms with E-state index in [0.29, 0.717) is 0 Å². The maximum absolute atomic E-state index is 2.46. The van der Waals surface area contributed by atoms with Gasteiger partial charge in [-0.15, -0.1) is 68.0 Å². The molecule has 0 saturated carbocycles. The minimum atomic E-state index is 1.20. The van der Waals surface area contributed by atoms with Crippen LogP contribution in [0.3, 0.4) is 0 Å². The lowest BCUT2D eigenvalue weighted by Crippen LogP contribution is -1.93. The molecule has 0 aliphatic heterocycles. The number of para-hydroxylation sites is 6. The molecule has 3 nitrogen and oxygen atoms in total. The highest BCUT2D eigenvalue weighted by Crippen LogP contribution is 2.53. The van der Waals surface area contributed by atoms with Crippen LogP contribution in [0.5, 0.6) is 0 Å². The van der Waals surface area contributed by atoms with Gasteiger partial charge in [0.05, 0.1) is 47.2 Å². The van der Waals surface area contributed by atoms with Crippen LogP contribution in [0, 0.1) is 0 Å². The molecule has 18 aromatic carbocycles. The normalized spacial score (nSPS) is 12.0. The number of aromatic nitrogens is 3. The molecule has 0 aliphatic carbocycles. The molecule has 0 N–H and O–H groups in total. The molecule has 0 amide bonds. The van der Waals surface area contributed by atoms with Gasteiger partial charge in [0.15, 0.2) is 0 Å². The second-order valence-corrected chi connectivity index (χ2v) is 37.0. The van der Waals surface area contributed by atoms with E-state index in [0.717, 1.165) is 0 Å². The maximum atomic E-state index is 2.46. The highest BCUT2D eigenvalue weighted by atomic mass is 32.1. The van der Waals surface area contributed by atoms with Crippen LogP contribution >= 0.6 is 68.0 Å². The standard InChI is InChI=1S/C38H23NS2.2C36H21NS2/c1-3-11-24(12-4-1)25-21-22-34-32(23-25)29-18-9-16-27(36(29)40-34)28-17-10-19-31-35-38(41-37(28)31)30-15-7-8-20-33(30)39(35)26-13-5-2-6-14-26;1-2-11-23(12-3-1)37-30-18-7-6-14-29(30)36-33(37)32-25(15-9-19-31(32)38-36)26-16-8-17-27-28-21-20-22-10-4-5-13-24(22)34(28)39-35(26)27;1-2-10-24(11-3-1)37-31-16-7-6-13-29(31)36-33(37)30-21-23(18-20-32(30)38-36)26-14-8-15-27-28-19-17-22-9-4-5-12-25(22)34(28)39-35(26)27/h1-23H;2*1-21H. The van der Waals surface area contributed by atoms with E-state index in [-0.39, 0.29) is 0 Å². The molecule has 0 aliphatic rings. The second kappa shape index (κ2) is 27.5. The number of fused-ring (bicyclic) bond motifs is 28. The number of hydrogen-bond donors (Lipinski definition) is 0. The lowest BCUT2D eigenvalue weighted by atomic mass is 9.98. The van der Waals surface area contributed by atoms with Gasteiger partial charge in [-0.25, -0.2) is 0 Å². The maximum Gasteiger partial charge on any atom is 0.0734 e. The van der Waals surface area contributed by atoms with Gasteiger partial charge in [-0.2, -0.15) is 0 Å². The van der Waals surface area contributed by atoms with Crippen LogP contribution in [0.2, 0.25) is 0 Å². The molecule has 27 rings (SSSR count). The van der Waals surface area contributed by atoms with Gasteiger partial charge in [-0.05, 0) is 134 Å². The molecule has 0 saturated heterocycles. The smallest absolute Gasteiger partial charge is 0.0734 e. The van der Waals surface area contributed by atoms with Gasteiger partial charge < -0.3 is 13.7 Å². The third-order valence-electron chi connectivity index (χ3n) is 24.2. The lowest BCUT2D eigenvalue weighted by Gasteiger charge is -2.10. The molecular formula is C110H65N3S6. The molecule has 0 atom stereocenters. The number of thiophene rings is 6. The molecule has 0 spiro atoms. The zero-order chi connectivity index (χ0) is 77.9. The first-order valence-electron chi connectivity index (χ1n) is 40.3. The lowest BCUT2D eigenvalue weighted by molar-refractivity contribution is 1.19. The number of hydrogen-bond acceptors (Lipinski definition) is 6. The van der Waals surface area contributed by atoms with E-state index in [4.69, 9.17) is 0 Å². The molecule has 0 unspecified atom stereocenters. The Labute approximate surface area is 707 Å². The largest absolute Gasteiger partial charge is 0.308 e.